The zero-order chi connectivity index (χ0) is 19.2. The van der Waals surface area contributed by atoms with Gasteiger partial charge in [0, 0.05) is 24.8 Å². The summed E-state index contributed by atoms with van der Waals surface area (Å²) in [5.41, 5.74) is 1.65. The van der Waals surface area contributed by atoms with Gasteiger partial charge in [-0.05, 0) is 44.4 Å². The minimum atomic E-state index is -0.462. The van der Waals surface area contributed by atoms with Crippen molar-refractivity contribution in [1.29, 1.82) is 5.26 Å². The van der Waals surface area contributed by atoms with Gasteiger partial charge in [-0.15, -0.1) is 0 Å². The summed E-state index contributed by atoms with van der Waals surface area (Å²) in [6, 6.07) is 13.7. The Balaban J connectivity index is 1.60. The number of likely N-dealkylation sites (tertiary alicyclic amines) is 1. The van der Waals surface area contributed by atoms with Gasteiger partial charge in [0.15, 0.2) is 0 Å². The maximum absolute atomic E-state index is 12.6. The van der Waals surface area contributed by atoms with Gasteiger partial charge in [-0.3, -0.25) is 9.59 Å². The highest BCUT2D eigenvalue weighted by atomic mass is 16.2. The number of rotatable bonds is 5. The number of carbonyl (C=O) groups is 1. The molecule has 2 heterocycles. The number of nitrogens with one attached hydrogen (secondary N) is 2. The van der Waals surface area contributed by atoms with Crippen molar-refractivity contribution in [2.24, 2.45) is 0 Å². The highest BCUT2D eigenvalue weighted by Gasteiger charge is 2.23. The SMILES string of the molecule is Cc1[nH]c(=O)c(C#N)cc1C(=O)NC1CCCN(CCc2ccccc2)C1. The number of aromatic amines is 1. The highest BCUT2D eigenvalue weighted by Crippen LogP contribution is 2.13. The zero-order valence-corrected chi connectivity index (χ0v) is 15.5. The summed E-state index contributed by atoms with van der Waals surface area (Å²) in [5.74, 6) is -0.241. The molecule has 1 aromatic carbocycles. The number of benzene rings is 1. The van der Waals surface area contributed by atoms with E-state index in [9.17, 15) is 9.59 Å². The summed E-state index contributed by atoms with van der Waals surface area (Å²) in [6.07, 6.45) is 2.96. The predicted octanol–water partition coefficient (Wildman–Crippen LogP) is 1.99. The van der Waals surface area contributed by atoms with E-state index in [-0.39, 0.29) is 17.5 Å². The van der Waals surface area contributed by atoms with Crippen LogP contribution >= 0.6 is 0 Å². The van der Waals surface area contributed by atoms with Crippen molar-refractivity contribution in [1.82, 2.24) is 15.2 Å². The van der Waals surface area contributed by atoms with E-state index in [2.05, 4.69) is 39.5 Å². The largest absolute Gasteiger partial charge is 0.348 e. The number of nitrogens with zero attached hydrogens (tertiary/aromatic N) is 2. The number of hydrogen-bond donors (Lipinski definition) is 2. The standard InChI is InChI=1S/C21H24N4O2/c1-15-19(12-17(13-22)20(26)23-15)21(27)24-18-8-5-10-25(14-18)11-9-16-6-3-2-4-7-16/h2-4,6-7,12,18H,5,8-11,14H2,1H3,(H,23,26)(H,24,27). The Bertz CT molecular complexity index is 899. The molecule has 3 rings (SSSR count). The van der Waals surface area contributed by atoms with Crippen LogP contribution in [-0.2, 0) is 6.42 Å². The molecule has 1 aromatic heterocycles. The van der Waals surface area contributed by atoms with Crippen LogP contribution in [0.2, 0.25) is 0 Å². The molecule has 0 saturated carbocycles. The first-order valence-electron chi connectivity index (χ1n) is 9.28. The van der Waals surface area contributed by atoms with Crippen LogP contribution in [0.15, 0.2) is 41.2 Å². The summed E-state index contributed by atoms with van der Waals surface area (Å²) < 4.78 is 0. The van der Waals surface area contributed by atoms with Gasteiger partial charge in [0.1, 0.15) is 11.6 Å². The van der Waals surface area contributed by atoms with Gasteiger partial charge in [0.2, 0.25) is 0 Å². The second-order valence-corrected chi connectivity index (χ2v) is 7.01. The van der Waals surface area contributed by atoms with E-state index in [4.69, 9.17) is 5.26 Å². The Hall–Kier alpha value is -2.91. The molecule has 1 unspecified atom stereocenters. The first-order valence-corrected chi connectivity index (χ1v) is 9.28. The van der Waals surface area contributed by atoms with E-state index >= 15 is 0 Å². The average Bonchev–Trinajstić information content (AvgIpc) is 2.67. The molecule has 27 heavy (non-hydrogen) atoms. The van der Waals surface area contributed by atoms with E-state index in [1.807, 2.05) is 12.1 Å². The van der Waals surface area contributed by atoms with Crippen molar-refractivity contribution >= 4 is 5.91 Å². The van der Waals surface area contributed by atoms with Crippen LogP contribution in [0.25, 0.3) is 0 Å². The van der Waals surface area contributed by atoms with Crippen molar-refractivity contribution in [2.45, 2.75) is 32.2 Å². The van der Waals surface area contributed by atoms with Gasteiger partial charge in [0.05, 0.1) is 5.56 Å². The molecule has 2 N–H and O–H groups in total. The summed E-state index contributed by atoms with van der Waals surface area (Å²) >= 11 is 0. The minimum absolute atomic E-state index is 0.0427. The average molecular weight is 364 g/mol. The number of carbonyl (C=O) groups excluding carboxylic acids is 1. The van der Waals surface area contributed by atoms with Crippen LogP contribution in [0.4, 0.5) is 0 Å². The molecular formula is C21H24N4O2. The number of pyridine rings is 1. The van der Waals surface area contributed by atoms with Gasteiger partial charge < -0.3 is 15.2 Å². The fourth-order valence-electron chi connectivity index (χ4n) is 3.51. The lowest BCUT2D eigenvalue weighted by molar-refractivity contribution is 0.0903. The van der Waals surface area contributed by atoms with Crippen molar-refractivity contribution in [3.05, 3.63) is 69.1 Å². The molecule has 0 aliphatic carbocycles. The molecular weight excluding hydrogens is 340 g/mol. The van der Waals surface area contributed by atoms with E-state index in [0.29, 0.717) is 11.3 Å². The third-order valence-corrected chi connectivity index (χ3v) is 5.00. The molecule has 0 spiro atoms. The number of aryl methyl sites for hydroxylation is 1. The first-order chi connectivity index (χ1) is 13.1. The van der Waals surface area contributed by atoms with Crippen molar-refractivity contribution in [3.8, 4) is 6.07 Å². The Morgan fingerprint density at radius 1 is 1.37 bits per heavy atom. The molecule has 1 aliphatic rings. The number of H-pyrrole nitrogens is 1. The molecule has 1 saturated heterocycles. The second-order valence-electron chi connectivity index (χ2n) is 7.01. The van der Waals surface area contributed by atoms with Crippen molar-refractivity contribution < 1.29 is 4.79 Å². The molecule has 1 fully saturated rings. The Morgan fingerprint density at radius 2 is 2.15 bits per heavy atom. The zero-order valence-electron chi connectivity index (χ0n) is 15.5. The summed E-state index contributed by atoms with van der Waals surface area (Å²) in [4.78, 5) is 29.2. The monoisotopic (exact) mass is 364 g/mol. The van der Waals surface area contributed by atoms with Crippen LogP contribution in [0.1, 0.15) is 40.0 Å². The Morgan fingerprint density at radius 3 is 2.89 bits per heavy atom. The van der Waals surface area contributed by atoms with E-state index in [1.165, 1.54) is 11.6 Å². The molecule has 6 heteroatoms. The van der Waals surface area contributed by atoms with Gasteiger partial charge >= 0.3 is 0 Å². The van der Waals surface area contributed by atoms with Gasteiger partial charge in [-0.25, -0.2) is 0 Å². The van der Waals surface area contributed by atoms with E-state index < -0.39 is 5.56 Å². The number of piperidine rings is 1. The molecule has 6 nitrogen and oxygen atoms in total. The first kappa shape index (κ1) is 18.9. The highest BCUT2D eigenvalue weighted by molar-refractivity contribution is 5.95. The van der Waals surface area contributed by atoms with E-state index in [1.54, 1.807) is 6.92 Å². The molecule has 0 bridgehead atoms. The number of hydrogen-bond acceptors (Lipinski definition) is 4. The minimum Gasteiger partial charge on any atom is -0.348 e. The Labute approximate surface area is 158 Å². The second kappa shape index (κ2) is 8.65. The lowest BCUT2D eigenvalue weighted by Crippen LogP contribution is -2.48. The smallest absolute Gasteiger partial charge is 0.266 e. The van der Waals surface area contributed by atoms with Crippen LogP contribution in [0.5, 0.6) is 0 Å². The third kappa shape index (κ3) is 4.83. The number of nitriles is 1. The lowest BCUT2D eigenvalue weighted by atomic mass is 10.0. The molecule has 0 radical (unpaired) electrons. The number of aromatic nitrogens is 1. The maximum Gasteiger partial charge on any atom is 0.266 e. The van der Waals surface area contributed by atoms with Crippen molar-refractivity contribution in [2.75, 3.05) is 19.6 Å². The quantitative estimate of drug-likeness (QED) is 0.849. The van der Waals surface area contributed by atoms with Crippen molar-refractivity contribution in [3.63, 3.8) is 0 Å². The molecule has 1 aliphatic heterocycles. The topological polar surface area (TPSA) is 89.0 Å². The van der Waals surface area contributed by atoms with Gasteiger partial charge in [-0.2, -0.15) is 5.26 Å². The fourth-order valence-corrected chi connectivity index (χ4v) is 3.51. The van der Waals surface area contributed by atoms with Crippen LogP contribution < -0.4 is 10.9 Å². The third-order valence-electron chi connectivity index (χ3n) is 5.00. The molecule has 2 aromatic rings. The van der Waals surface area contributed by atoms with Gasteiger partial charge in [0.25, 0.3) is 11.5 Å². The van der Waals surface area contributed by atoms with Gasteiger partial charge in [-0.1, -0.05) is 30.3 Å². The molecule has 1 amide bonds. The fraction of sp³-hybridized carbons (Fsp3) is 0.381. The molecule has 1 atom stereocenters. The van der Waals surface area contributed by atoms with Crippen LogP contribution in [-0.4, -0.2) is 41.5 Å². The lowest BCUT2D eigenvalue weighted by Gasteiger charge is -2.33. The van der Waals surface area contributed by atoms with Crippen LogP contribution in [0.3, 0.4) is 0 Å². The summed E-state index contributed by atoms with van der Waals surface area (Å²) in [5, 5.41) is 12.1. The summed E-state index contributed by atoms with van der Waals surface area (Å²) in [7, 11) is 0. The normalized spacial score (nSPS) is 17.3. The maximum atomic E-state index is 12.6. The predicted molar refractivity (Wildman–Crippen MR) is 104 cm³/mol. The van der Waals surface area contributed by atoms with Crippen LogP contribution in [0, 0.1) is 18.3 Å². The van der Waals surface area contributed by atoms with E-state index in [0.717, 1.165) is 38.9 Å². The number of amides is 1. The Kier molecular flexibility index (Phi) is 6.05. The molecule has 140 valence electrons. The summed E-state index contributed by atoms with van der Waals surface area (Å²) in [6.45, 7) is 4.48.